The Morgan fingerprint density at radius 2 is 1.72 bits per heavy atom. The number of benzene rings is 1. The van der Waals surface area contributed by atoms with Crippen molar-refractivity contribution in [3.05, 3.63) is 36.5 Å². The van der Waals surface area contributed by atoms with Gasteiger partial charge >= 0.3 is 6.03 Å². The summed E-state index contributed by atoms with van der Waals surface area (Å²) < 4.78 is 38.6. The van der Waals surface area contributed by atoms with Crippen LogP contribution < -0.4 is 20.7 Å². The van der Waals surface area contributed by atoms with Crippen LogP contribution in [0.2, 0.25) is 0 Å². The lowest BCUT2D eigenvalue weighted by Gasteiger charge is -2.45. The molecule has 36 heavy (non-hydrogen) atoms. The average Bonchev–Trinajstić information content (AvgIpc) is 2.89. The first kappa shape index (κ1) is 28.1. The number of amides is 2. The molecule has 0 spiro atoms. The molecule has 0 atom stereocenters. The van der Waals surface area contributed by atoms with Crippen molar-refractivity contribution in [2.75, 3.05) is 71.0 Å². The van der Waals surface area contributed by atoms with Crippen LogP contribution in [0.15, 0.2) is 36.5 Å². The molecular weight excluding hydrogens is 482 g/mol. The van der Waals surface area contributed by atoms with Crippen molar-refractivity contribution in [2.24, 2.45) is 5.73 Å². The lowest BCUT2D eigenvalue weighted by molar-refractivity contribution is 0.167. The number of anilines is 1. The van der Waals surface area contributed by atoms with Crippen LogP contribution in [0.25, 0.3) is 0 Å². The molecule has 1 aromatic carbocycles. The summed E-state index contributed by atoms with van der Waals surface area (Å²) in [5.41, 5.74) is 7.32. The minimum Gasteiger partial charge on any atom is -0.494 e. The Kier molecular flexibility index (Phi) is 9.86. The molecule has 0 saturated carbocycles. The van der Waals surface area contributed by atoms with Crippen molar-refractivity contribution in [1.29, 1.82) is 0 Å². The molecule has 202 valence electrons. The van der Waals surface area contributed by atoms with E-state index in [1.54, 1.807) is 12.0 Å². The van der Waals surface area contributed by atoms with E-state index in [-0.39, 0.29) is 24.6 Å². The summed E-state index contributed by atoms with van der Waals surface area (Å²) in [4.78, 5) is 16.2. The van der Waals surface area contributed by atoms with Crippen molar-refractivity contribution >= 4 is 21.7 Å². The molecule has 3 N–H and O–H groups in total. The molecule has 2 aliphatic rings. The highest BCUT2D eigenvalue weighted by Crippen LogP contribution is 2.37. The molecule has 0 aliphatic carbocycles. The first-order valence-electron chi connectivity index (χ1n) is 12.7. The molecule has 0 bridgehead atoms. The van der Waals surface area contributed by atoms with Gasteiger partial charge in [0.05, 0.1) is 13.2 Å². The Balaban J connectivity index is 1.60. The van der Waals surface area contributed by atoms with Gasteiger partial charge in [-0.05, 0) is 43.5 Å². The van der Waals surface area contributed by atoms with Crippen LogP contribution in [-0.4, -0.2) is 94.5 Å². The van der Waals surface area contributed by atoms with Crippen LogP contribution in [0.4, 0.5) is 10.5 Å². The first-order valence-corrected chi connectivity index (χ1v) is 14.1. The van der Waals surface area contributed by atoms with Gasteiger partial charge in [-0.1, -0.05) is 19.9 Å². The van der Waals surface area contributed by atoms with E-state index < -0.39 is 14.8 Å². The second-order valence-electron chi connectivity index (χ2n) is 9.32. The van der Waals surface area contributed by atoms with Crippen molar-refractivity contribution in [2.45, 2.75) is 37.4 Å². The Morgan fingerprint density at radius 3 is 2.28 bits per heavy atom. The molecule has 0 aromatic heterocycles. The Morgan fingerprint density at radius 1 is 1.08 bits per heavy atom. The minimum atomic E-state index is -3.76. The first-order chi connectivity index (χ1) is 17.2. The number of methoxy groups -OCH3 is 1. The number of piperidine rings is 1. The van der Waals surface area contributed by atoms with Gasteiger partial charge in [0, 0.05) is 64.3 Å². The Bertz CT molecular complexity index is 969. The predicted octanol–water partition coefficient (Wildman–Crippen LogP) is 1.98. The fraction of sp³-hybridized carbons (Fsp3) is 0.640. The molecule has 2 heterocycles. The summed E-state index contributed by atoms with van der Waals surface area (Å²) in [6.45, 7) is 9.99. The SMILES string of the molecule is C=C(N)C1(S(=O)(=O)N2CCN(c3ccc(OCCCC)cc3)CC2)CCN(C(=O)NCCOC)CC1. The third-order valence-corrected chi connectivity index (χ3v) is 9.77. The van der Waals surface area contributed by atoms with Crippen LogP contribution in [0, 0.1) is 0 Å². The predicted molar refractivity (Wildman–Crippen MR) is 142 cm³/mol. The molecule has 2 fully saturated rings. The fourth-order valence-electron chi connectivity index (χ4n) is 4.71. The lowest BCUT2D eigenvalue weighted by atomic mass is 9.93. The molecule has 1 aromatic rings. The van der Waals surface area contributed by atoms with E-state index in [4.69, 9.17) is 15.2 Å². The number of piperazine rings is 1. The quantitative estimate of drug-likeness (QED) is 0.426. The summed E-state index contributed by atoms with van der Waals surface area (Å²) in [6.07, 6.45) is 2.56. The van der Waals surface area contributed by atoms with Gasteiger partial charge < -0.3 is 30.3 Å². The van der Waals surface area contributed by atoms with Crippen LogP contribution in [0.1, 0.15) is 32.6 Å². The number of likely N-dealkylation sites (tertiary alicyclic amines) is 1. The number of rotatable bonds is 11. The number of hydrogen-bond acceptors (Lipinski definition) is 7. The summed E-state index contributed by atoms with van der Waals surface area (Å²) in [6, 6.07) is 7.72. The highest BCUT2D eigenvalue weighted by Gasteiger charge is 2.51. The maximum Gasteiger partial charge on any atom is 0.317 e. The van der Waals surface area contributed by atoms with Crippen molar-refractivity contribution in [1.82, 2.24) is 14.5 Å². The average molecular weight is 524 g/mol. The molecule has 0 unspecified atom stereocenters. The van der Waals surface area contributed by atoms with Gasteiger partial charge in [-0.2, -0.15) is 4.31 Å². The second kappa shape index (κ2) is 12.6. The molecule has 2 saturated heterocycles. The van der Waals surface area contributed by atoms with Gasteiger partial charge in [0.2, 0.25) is 10.0 Å². The zero-order valence-electron chi connectivity index (χ0n) is 21.6. The molecule has 10 nitrogen and oxygen atoms in total. The number of sulfonamides is 1. The topological polar surface area (TPSA) is 117 Å². The monoisotopic (exact) mass is 523 g/mol. The number of nitrogens with two attached hydrogens (primary N) is 1. The Hall–Kier alpha value is -2.50. The highest BCUT2D eigenvalue weighted by molar-refractivity contribution is 7.90. The van der Waals surface area contributed by atoms with Gasteiger partial charge in [0.15, 0.2) is 0 Å². The normalized spacial score (nSPS) is 18.6. The van der Waals surface area contributed by atoms with E-state index in [9.17, 15) is 13.2 Å². The van der Waals surface area contributed by atoms with Gasteiger partial charge in [0.1, 0.15) is 10.5 Å². The van der Waals surface area contributed by atoms with Crippen molar-refractivity contribution in [3.63, 3.8) is 0 Å². The maximum atomic E-state index is 13.8. The number of hydrogen-bond donors (Lipinski definition) is 2. The number of nitrogens with zero attached hydrogens (tertiary/aromatic N) is 3. The summed E-state index contributed by atoms with van der Waals surface area (Å²) in [5.74, 6) is 0.843. The Labute approximate surface area is 215 Å². The minimum absolute atomic E-state index is 0.142. The van der Waals surface area contributed by atoms with E-state index in [1.165, 1.54) is 4.31 Å². The fourth-order valence-corrected chi connectivity index (χ4v) is 6.88. The maximum absolute atomic E-state index is 13.8. The molecule has 2 amide bonds. The molecule has 3 rings (SSSR count). The standard InChI is InChI=1S/C25H41N5O5S/c1-4-5-19-35-23-8-6-22(7-9-23)28-15-17-30(18-16-28)36(32,33)25(21(2)26)10-13-29(14-11-25)24(31)27-12-20-34-3/h6-9H,2,4-5,10-20,26H2,1,3H3,(H,27,31). The van der Waals surface area contributed by atoms with Crippen molar-refractivity contribution < 1.29 is 22.7 Å². The van der Waals surface area contributed by atoms with E-state index >= 15 is 0 Å². The summed E-state index contributed by atoms with van der Waals surface area (Å²) >= 11 is 0. The largest absolute Gasteiger partial charge is 0.494 e. The number of carbonyl (C=O) groups is 1. The zero-order chi connectivity index (χ0) is 26.2. The third-order valence-electron chi connectivity index (χ3n) is 7.07. The highest BCUT2D eigenvalue weighted by atomic mass is 32.2. The van der Waals surface area contributed by atoms with E-state index in [0.29, 0.717) is 59.0 Å². The molecular formula is C25H41N5O5S. The van der Waals surface area contributed by atoms with Crippen LogP contribution >= 0.6 is 0 Å². The number of unbranched alkanes of at least 4 members (excludes halogenated alkanes) is 1. The number of urea groups is 1. The van der Waals surface area contributed by atoms with Crippen LogP contribution in [-0.2, 0) is 14.8 Å². The van der Waals surface area contributed by atoms with Gasteiger partial charge in [-0.3, -0.25) is 0 Å². The van der Waals surface area contributed by atoms with Gasteiger partial charge in [0.25, 0.3) is 0 Å². The summed E-state index contributed by atoms with van der Waals surface area (Å²) in [7, 11) is -2.19. The van der Waals surface area contributed by atoms with E-state index in [1.807, 2.05) is 24.3 Å². The van der Waals surface area contributed by atoms with E-state index in [2.05, 4.69) is 23.7 Å². The van der Waals surface area contributed by atoms with Crippen LogP contribution in [0.3, 0.4) is 0 Å². The third kappa shape index (κ3) is 6.24. The smallest absolute Gasteiger partial charge is 0.317 e. The number of ether oxygens (including phenoxy) is 2. The number of nitrogens with one attached hydrogen (secondary N) is 1. The molecule has 2 aliphatic heterocycles. The van der Waals surface area contributed by atoms with E-state index in [0.717, 1.165) is 24.3 Å². The molecule has 0 radical (unpaired) electrons. The van der Waals surface area contributed by atoms with Crippen molar-refractivity contribution in [3.8, 4) is 5.75 Å². The lowest BCUT2D eigenvalue weighted by Crippen LogP contribution is -2.61. The van der Waals surface area contributed by atoms with Gasteiger partial charge in [-0.25, -0.2) is 13.2 Å². The molecule has 11 heteroatoms. The van der Waals surface area contributed by atoms with Gasteiger partial charge in [-0.15, -0.1) is 0 Å². The summed E-state index contributed by atoms with van der Waals surface area (Å²) in [5, 5.41) is 2.78. The zero-order valence-corrected chi connectivity index (χ0v) is 22.4. The second-order valence-corrected chi connectivity index (χ2v) is 11.6. The number of carbonyl (C=O) groups excluding carboxylic acids is 1. The van der Waals surface area contributed by atoms with Crippen LogP contribution in [0.5, 0.6) is 5.75 Å².